The van der Waals surface area contributed by atoms with Gasteiger partial charge in [0.25, 0.3) is 0 Å². The summed E-state index contributed by atoms with van der Waals surface area (Å²) in [6.45, 7) is 3.77. The number of esters is 1. The van der Waals surface area contributed by atoms with Crippen LogP contribution < -0.4 is 0 Å². The average Bonchev–Trinajstić information content (AvgIpc) is 3.21. The third-order valence-corrected chi connectivity index (χ3v) is 5.08. The molecule has 0 spiro atoms. The fourth-order valence-electron chi connectivity index (χ4n) is 3.63. The van der Waals surface area contributed by atoms with E-state index in [-0.39, 0.29) is 25.4 Å². The Kier molecular flexibility index (Phi) is 5.77. The van der Waals surface area contributed by atoms with Crippen molar-refractivity contribution in [1.29, 1.82) is 0 Å². The molecule has 2 aromatic rings. The lowest BCUT2D eigenvalue weighted by atomic mass is 9.66. The summed E-state index contributed by atoms with van der Waals surface area (Å²) in [4.78, 5) is 25.5. The molecule has 1 aromatic heterocycles. The van der Waals surface area contributed by atoms with Gasteiger partial charge >= 0.3 is 5.97 Å². The number of hydrogen-bond donors (Lipinski definition) is 1. The lowest BCUT2D eigenvalue weighted by Gasteiger charge is -2.44. The van der Waals surface area contributed by atoms with Crippen LogP contribution in [0, 0.1) is 11.8 Å². The van der Waals surface area contributed by atoms with E-state index in [0.717, 1.165) is 5.56 Å². The van der Waals surface area contributed by atoms with Gasteiger partial charge in [-0.25, -0.2) is 0 Å². The van der Waals surface area contributed by atoms with Gasteiger partial charge in [0.2, 0.25) is 0 Å². The molecule has 6 nitrogen and oxygen atoms in total. The lowest BCUT2D eigenvalue weighted by Crippen LogP contribution is -2.59. The molecule has 3 rings (SSSR count). The fourth-order valence-corrected chi connectivity index (χ4v) is 3.63. The first-order chi connectivity index (χ1) is 13.0. The van der Waals surface area contributed by atoms with Crippen LogP contribution >= 0.6 is 0 Å². The maximum Gasteiger partial charge on any atom is 0.312 e. The molecule has 1 aromatic carbocycles. The van der Waals surface area contributed by atoms with Crippen molar-refractivity contribution in [2.45, 2.75) is 38.6 Å². The van der Waals surface area contributed by atoms with Crippen molar-refractivity contribution in [3.05, 3.63) is 60.1 Å². The molecular weight excluding hydrogens is 348 g/mol. The maximum atomic E-state index is 12.9. The van der Waals surface area contributed by atoms with Crippen LogP contribution in [-0.4, -0.2) is 29.6 Å². The average molecular weight is 372 g/mol. The number of carbonyl (C=O) groups is 2. The topological polar surface area (TPSA) is 86.0 Å². The van der Waals surface area contributed by atoms with Crippen LogP contribution in [0.2, 0.25) is 0 Å². The lowest BCUT2D eigenvalue weighted by molar-refractivity contribution is -0.199. The van der Waals surface area contributed by atoms with Crippen LogP contribution in [0.5, 0.6) is 0 Å². The highest BCUT2D eigenvalue weighted by molar-refractivity contribution is 5.90. The Morgan fingerprint density at radius 3 is 2.67 bits per heavy atom. The van der Waals surface area contributed by atoms with E-state index in [9.17, 15) is 14.7 Å². The molecule has 4 atom stereocenters. The molecule has 0 saturated heterocycles. The monoisotopic (exact) mass is 372 g/mol. The number of aliphatic hydroxyl groups is 1. The Morgan fingerprint density at radius 2 is 2.04 bits per heavy atom. The number of Topliss-reactive ketones (excluding diaryl/α,β-unsaturated/α-hetero) is 1. The van der Waals surface area contributed by atoms with Crippen molar-refractivity contribution in [2.24, 2.45) is 11.8 Å². The van der Waals surface area contributed by atoms with E-state index in [4.69, 9.17) is 13.9 Å². The van der Waals surface area contributed by atoms with Crippen LogP contribution in [0.15, 0.2) is 53.3 Å². The number of furan rings is 1. The van der Waals surface area contributed by atoms with Gasteiger partial charge in [0.1, 0.15) is 5.60 Å². The Bertz CT molecular complexity index is 769. The molecule has 0 unspecified atom stereocenters. The van der Waals surface area contributed by atoms with Crippen molar-refractivity contribution in [3.63, 3.8) is 0 Å². The molecule has 1 fully saturated rings. The summed E-state index contributed by atoms with van der Waals surface area (Å²) < 4.78 is 16.2. The van der Waals surface area contributed by atoms with Gasteiger partial charge in [0, 0.05) is 11.5 Å². The van der Waals surface area contributed by atoms with Crippen molar-refractivity contribution >= 4 is 11.8 Å². The van der Waals surface area contributed by atoms with Gasteiger partial charge in [-0.2, -0.15) is 0 Å². The van der Waals surface area contributed by atoms with Gasteiger partial charge in [0.05, 0.1) is 31.7 Å². The Morgan fingerprint density at radius 1 is 1.30 bits per heavy atom. The van der Waals surface area contributed by atoms with Gasteiger partial charge in [-0.15, -0.1) is 0 Å². The van der Waals surface area contributed by atoms with Crippen LogP contribution in [0.3, 0.4) is 0 Å². The van der Waals surface area contributed by atoms with Crippen LogP contribution in [-0.2, 0) is 31.3 Å². The highest BCUT2D eigenvalue weighted by atomic mass is 16.5. The van der Waals surface area contributed by atoms with Crippen LogP contribution in [0.4, 0.5) is 0 Å². The molecule has 1 N–H and O–H groups in total. The minimum Gasteiger partial charge on any atom is -0.472 e. The summed E-state index contributed by atoms with van der Waals surface area (Å²) >= 11 is 0. The largest absolute Gasteiger partial charge is 0.472 e. The molecule has 0 radical (unpaired) electrons. The molecule has 0 bridgehead atoms. The zero-order valence-electron chi connectivity index (χ0n) is 15.5. The smallest absolute Gasteiger partial charge is 0.312 e. The standard InChI is InChI=1S/C21H24O6/c1-3-26-20(23)17-11-14(2)18(22)19(21(17,24)16-9-10-25-13-16)27-12-15-7-5-4-6-8-15/h4-10,13-14,17,19,24H,3,11-12H2,1-2H3/t14-,17+,19+,21-/m1/s1. The molecule has 1 heterocycles. The Hall–Kier alpha value is -2.44. The molecule has 27 heavy (non-hydrogen) atoms. The first-order valence-corrected chi connectivity index (χ1v) is 9.09. The van der Waals surface area contributed by atoms with E-state index in [0.29, 0.717) is 5.56 Å². The summed E-state index contributed by atoms with van der Waals surface area (Å²) in [5, 5.41) is 11.6. The van der Waals surface area contributed by atoms with Crippen LogP contribution in [0.1, 0.15) is 31.4 Å². The van der Waals surface area contributed by atoms with Gasteiger partial charge in [0.15, 0.2) is 11.9 Å². The van der Waals surface area contributed by atoms with Crippen molar-refractivity contribution < 1.29 is 28.6 Å². The van der Waals surface area contributed by atoms with E-state index in [2.05, 4.69) is 0 Å². The highest BCUT2D eigenvalue weighted by Crippen LogP contribution is 2.45. The first-order valence-electron chi connectivity index (χ1n) is 9.09. The second-order valence-corrected chi connectivity index (χ2v) is 6.86. The number of ketones is 1. The third-order valence-electron chi connectivity index (χ3n) is 5.08. The summed E-state index contributed by atoms with van der Waals surface area (Å²) in [5.74, 6) is -2.15. The van der Waals surface area contributed by atoms with E-state index in [1.165, 1.54) is 12.5 Å². The predicted octanol–water partition coefficient (Wildman–Crippen LogP) is 2.84. The van der Waals surface area contributed by atoms with E-state index in [1.807, 2.05) is 30.3 Å². The zero-order valence-corrected chi connectivity index (χ0v) is 15.5. The minimum atomic E-state index is -1.85. The number of carbonyl (C=O) groups excluding carboxylic acids is 2. The summed E-state index contributed by atoms with van der Waals surface area (Å²) in [5.41, 5.74) is -0.651. The second kappa shape index (κ2) is 8.06. The zero-order chi connectivity index (χ0) is 19.4. The SMILES string of the molecule is CCOC(=O)[C@@H]1C[C@@H](C)C(=O)[C@H](OCc2ccccc2)[C@@]1(O)c1ccoc1. The molecule has 1 aliphatic rings. The minimum absolute atomic E-state index is 0.139. The quantitative estimate of drug-likeness (QED) is 0.785. The molecule has 1 aliphatic carbocycles. The molecule has 1 saturated carbocycles. The number of benzene rings is 1. The Labute approximate surface area is 158 Å². The van der Waals surface area contributed by atoms with Gasteiger partial charge in [-0.05, 0) is 25.0 Å². The number of hydrogen-bond acceptors (Lipinski definition) is 6. The van der Waals surface area contributed by atoms with E-state index < -0.39 is 29.5 Å². The molecule has 6 heteroatoms. The third kappa shape index (κ3) is 3.68. The Balaban J connectivity index is 1.97. The molecule has 0 aliphatic heterocycles. The fraction of sp³-hybridized carbons (Fsp3) is 0.429. The first kappa shape index (κ1) is 19.3. The van der Waals surface area contributed by atoms with Crippen molar-refractivity contribution in [3.8, 4) is 0 Å². The summed E-state index contributed by atoms with van der Waals surface area (Å²) in [6.07, 6.45) is 1.72. The summed E-state index contributed by atoms with van der Waals surface area (Å²) in [6, 6.07) is 10.9. The normalized spacial score (nSPS) is 28.1. The van der Waals surface area contributed by atoms with Crippen molar-refractivity contribution in [1.82, 2.24) is 0 Å². The van der Waals surface area contributed by atoms with E-state index >= 15 is 0 Å². The highest BCUT2D eigenvalue weighted by Gasteiger charge is 2.58. The molecular formula is C21H24O6. The van der Waals surface area contributed by atoms with Crippen molar-refractivity contribution in [2.75, 3.05) is 6.61 Å². The predicted molar refractivity (Wildman–Crippen MR) is 96.5 cm³/mol. The molecule has 0 amide bonds. The number of ether oxygens (including phenoxy) is 2. The van der Waals surface area contributed by atoms with Gasteiger partial charge < -0.3 is 19.0 Å². The number of rotatable bonds is 6. The van der Waals surface area contributed by atoms with Crippen LogP contribution in [0.25, 0.3) is 0 Å². The van der Waals surface area contributed by atoms with E-state index in [1.54, 1.807) is 19.9 Å². The molecule has 144 valence electrons. The van der Waals surface area contributed by atoms with Gasteiger partial charge in [-0.1, -0.05) is 37.3 Å². The van der Waals surface area contributed by atoms with Gasteiger partial charge in [-0.3, -0.25) is 9.59 Å². The maximum absolute atomic E-state index is 12.9. The summed E-state index contributed by atoms with van der Waals surface area (Å²) in [7, 11) is 0. The second-order valence-electron chi connectivity index (χ2n) is 6.86.